The monoisotopic (exact) mass is 352 g/mol. The van der Waals surface area contributed by atoms with Gasteiger partial charge in [0.05, 0.1) is 18.8 Å². The molecule has 0 unspecified atom stereocenters. The molecule has 2 aromatic heterocycles. The molecule has 7 heteroatoms. The molecule has 0 aliphatic carbocycles. The van der Waals surface area contributed by atoms with Crippen LogP contribution in [0.25, 0.3) is 21.9 Å². The van der Waals surface area contributed by atoms with E-state index in [1.54, 1.807) is 25.5 Å². The number of ether oxygens (including phenoxy) is 1. The Morgan fingerprint density at radius 3 is 2.96 bits per heavy atom. The lowest BCUT2D eigenvalue weighted by molar-refractivity contribution is 0.415. The third-order valence-corrected chi connectivity index (χ3v) is 4.11. The van der Waals surface area contributed by atoms with Gasteiger partial charge in [-0.2, -0.15) is 9.78 Å². The van der Waals surface area contributed by atoms with Crippen LogP contribution in [0.4, 0.5) is 0 Å². The zero-order valence-electron chi connectivity index (χ0n) is 13.2. The van der Waals surface area contributed by atoms with Crippen LogP contribution in [0.15, 0.2) is 58.7 Å². The minimum atomic E-state index is -0.279. The van der Waals surface area contributed by atoms with E-state index in [2.05, 4.69) is 15.1 Å². The number of hydrogen-bond donors (Lipinski definition) is 1. The highest BCUT2D eigenvalue weighted by atomic mass is 35.5. The summed E-state index contributed by atoms with van der Waals surface area (Å²) in [6.45, 7) is 0. The Bertz CT molecular complexity index is 1180. The van der Waals surface area contributed by atoms with Crippen LogP contribution in [-0.2, 0) is 0 Å². The second kappa shape index (κ2) is 6.07. The molecule has 4 aromatic rings. The normalized spacial score (nSPS) is 11.6. The average Bonchev–Trinajstić information content (AvgIpc) is 3.00. The van der Waals surface area contributed by atoms with Crippen molar-refractivity contribution in [1.29, 1.82) is 0 Å². The van der Waals surface area contributed by atoms with E-state index >= 15 is 0 Å². The van der Waals surface area contributed by atoms with Gasteiger partial charge in [-0.3, -0.25) is 4.79 Å². The van der Waals surface area contributed by atoms with Crippen molar-refractivity contribution in [1.82, 2.24) is 14.6 Å². The molecule has 0 saturated carbocycles. The largest absolute Gasteiger partial charge is 0.497 e. The maximum absolute atomic E-state index is 12.7. The Hall–Kier alpha value is -3.12. The number of fused-ring (bicyclic) bond motifs is 3. The van der Waals surface area contributed by atoms with E-state index in [4.69, 9.17) is 16.3 Å². The van der Waals surface area contributed by atoms with Gasteiger partial charge in [0.15, 0.2) is 0 Å². The molecule has 0 radical (unpaired) electrons. The van der Waals surface area contributed by atoms with Crippen LogP contribution in [0.2, 0.25) is 5.02 Å². The van der Waals surface area contributed by atoms with Crippen molar-refractivity contribution >= 4 is 39.8 Å². The minimum Gasteiger partial charge on any atom is -0.497 e. The number of aromatic nitrogens is 3. The number of nitrogens with zero attached hydrogens (tertiary/aromatic N) is 3. The summed E-state index contributed by atoms with van der Waals surface area (Å²) < 4.78 is 6.40. The van der Waals surface area contributed by atoms with Gasteiger partial charge in [0.2, 0.25) is 0 Å². The molecule has 1 N–H and O–H groups in total. The molecule has 6 nitrogen and oxygen atoms in total. The third kappa shape index (κ3) is 2.77. The van der Waals surface area contributed by atoms with Gasteiger partial charge in [-0.1, -0.05) is 23.7 Å². The Balaban J connectivity index is 1.82. The number of benzene rings is 2. The molecule has 0 saturated heterocycles. The molecule has 0 amide bonds. The van der Waals surface area contributed by atoms with Gasteiger partial charge >= 0.3 is 0 Å². The van der Waals surface area contributed by atoms with Crippen LogP contribution in [0.3, 0.4) is 0 Å². The lowest BCUT2D eigenvalue weighted by Crippen LogP contribution is -2.17. The predicted octanol–water partition coefficient (Wildman–Crippen LogP) is 3.42. The first-order valence-corrected chi connectivity index (χ1v) is 7.90. The smallest absolute Gasteiger partial charge is 0.298 e. The maximum Gasteiger partial charge on any atom is 0.298 e. The Kier molecular flexibility index (Phi) is 3.74. The zero-order chi connectivity index (χ0) is 17.4. The van der Waals surface area contributed by atoms with E-state index in [0.717, 1.165) is 16.5 Å². The van der Waals surface area contributed by atoms with Crippen molar-refractivity contribution in [3.8, 4) is 5.75 Å². The number of rotatable bonds is 3. The van der Waals surface area contributed by atoms with E-state index in [9.17, 15) is 4.79 Å². The molecule has 124 valence electrons. The fourth-order valence-electron chi connectivity index (χ4n) is 2.66. The maximum atomic E-state index is 12.7. The Morgan fingerprint density at radius 1 is 1.28 bits per heavy atom. The molecule has 0 bridgehead atoms. The minimum absolute atomic E-state index is 0.279. The van der Waals surface area contributed by atoms with Gasteiger partial charge in [-0.25, -0.2) is 4.98 Å². The molecule has 4 rings (SSSR count). The first-order chi connectivity index (χ1) is 12.2. The van der Waals surface area contributed by atoms with Gasteiger partial charge in [0.1, 0.15) is 23.1 Å². The standard InChI is InChI=1S/C18H13ClN4O2/c1-25-13-5-6-14-15(8-13)22-17-16(14)20-10-23(18(17)24)21-9-11-3-2-4-12(19)7-11/h2-10,22H,1H3/b21-9-. The van der Waals surface area contributed by atoms with Crippen LogP contribution in [-0.4, -0.2) is 28.0 Å². The SMILES string of the molecule is COc1ccc2c(c1)[nH]c1c(=O)n(/N=C\c3cccc(Cl)c3)cnc12. The van der Waals surface area contributed by atoms with E-state index in [1.807, 2.05) is 30.3 Å². The molecule has 0 fully saturated rings. The fourth-order valence-corrected chi connectivity index (χ4v) is 2.85. The van der Waals surface area contributed by atoms with E-state index in [0.29, 0.717) is 21.8 Å². The van der Waals surface area contributed by atoms with Crippen molar-refractivity contribution in [2.24, 2.45) is 5.10 Å². The van der Waals surface area contributed by atoms with E-state index < -0.39 is 0 Å². The van der Waals surface area contributed by atoms with Gasteiger partial charge in [-0.05, 0) is 29.8 Å². The quantitative estimate of drug-likeness (QED) is 0.574. The van der Waals surface area contributed by atoms with Crippen molar-refractivity contribution in [3.05, 3.63) is 69.7 Å². The highest BCUT2D eigenvalue weighted by Gasteiger charge is 2.11. The predicted molar refractivity (Wildman–Crippen MR) is 98.9 cm³/mol. The summed E-state index contributed by atoms with van der Waals surface area (Å²) in [6, 6.07) is 12.7. The lowest BCUT2D eigenvalue weighted by atomic mass is 10.2. The summed E-state index contributed by atoms with van der Waals surface area (Å²) >= 11 is 5.95. The van der Waals surface area contributed by atoms with Crippen molar-refractivity contribution in [3.63, 3.8) is 0 Å². The number of methoxy groups -OCH3 is 1. The summed E-state index contributed by atoms with van der Waals surface area (Å²) in [6.07, 6.45) is 2.97. The fraction of sp³-hybridized carbons (Fsp3) is 0.0556. The van der Waals surface area contributed by atoms with Crippen molar-refractivity contribution in [2.45, 2.75) is 0 Å². The molecular weight excluding hydrogens is 340 g/mol. The second-order valence-corrected chi connectivity index (χ2v) is 5.89. The molecule has 2 heterocycles. The van der Waals surface area contributed by atoms with Crippen LogP contribution >= 0.6 is 11.6 Å². The Morgan fingerprint density at radius 2 is 2.16 bits per heavy atom. The van der Waals surface area contributed by atoms with Crippen LogP contribution in [0.5, 0.6) is 5.75 Å². The number of hydrogen-bond acceptors (Lipinski definition) is 4. The lowest BCUT2D eigenvalue weighted by Gasteiger charge is -1.98. The number of H-pyrrole nitrogens is 1. The number of aromatic amines is 1. The van der Waals surface area contributed by atoms with Crippen LogP contribution in [0, 0.1) is 0 Å². The highest BCUT2D eigenvalue weighted by Crippen LogP contribution is 2.25. The molecule has 0 spiro atoms. The molecule has 2 aromatic carbocycles. The van der Waals surface area contributed by atoms with Gasteiger partial charge in [0, 0.05) is 16.5 Å². The van der Waals surface area contributed by atoms with E-state index in [-0.39, 0.29) is 5.56 Å². The first kappa shape index (κ1) is 15.4. The van der Waals surface area contributed by atoms with Crippen LogP contribution in [0.1, 0.15) is 5.56 Å². The van der Waals surface area contributed by atoms with Crippen molar-refractivity contribution in [2.75, 3.05) is 7.11 Å². The zero-order valence-corrected chi connectivity index (χ0v) is 14.0. The summed E-state index contributed by atoms with van der Waals surface area (Å²) in [5.74, 6) is 0.707. The number of nitrogens with one attached hydrogen (secondary N) is 1. The molecule has 0 aliphatic heterocycles. The summed E-state index contributed by atoms with van der Waals surface area (Å²) in [5, 5.41) is 5.65. The van der Waals surface area contributed by atoms with Gasteiger partial charge in [0.25, 0.3) is 5.56 Å². The number of halogens is 1. The second-order valence-electron chi connectivity index (χ2n) is 5.45. The molecule has 25 heavy (non-hydrogen) atoms. The average molecular weight is 353 g/mol. The van der Waals surface area contributed by atoms with Gasteiger partial charge < -0.3 is 9.72 Å². The summed E-state index contributed by atoms with van der Waals surface area (Å²) in [7, 11) is 1.60. The third-order valence-electron chi connectivity index (χ3n) is 3.88. The topological polar surface area (TPSA) is 72.3 Å². The summed E-state index contributed by atoms with van der Waals surface area (Å²) in [4.78, 5) is 20.1. The Labute approximate surface area is 147 Å². The molecular formula is C18H13ClN4O2. The first-order valence-electron chi connectivity index (χ1n) is 7.53. The van der Waals surface area contributed by atoms with Crippen molar-refractivity contribution < 1.29 is 4.74 Å². The van der Waals surface area contributed by atoms with Gasteiger partial charge in [-0.15, -0.1) is 0 Å². The summed E-state index contributed by atoms with van der Waals surface area (Å²) in [5.41, 5.74) is 2.31. The van der Waals surface area contributed by atoms with Crippen LogP contribution < -0.4 is 10.3 Å². The molecule has 0 aliphatic rings. The molecule has 0 atom stereocenters. The van der Waals surface area contributed by atoms with E-state index in [1.165, 1.54) is 11.0 Å². The highest BCUT2D eigenvalue weighted by molar-refractivity contribution is 6.30.